The molecule has 6 heteroatoms. The van der Waals surface area contributed by atoms with E-state index in [1.807, 2.05) is 0 Å². The third kappa shape index (κ3) is 6.44. The summed E-state index contributed by atoms with van der Waals surface area (Å²) in [5, 5.41) is 2.68. The van der Waals surface area contributed by atoms with Crippen molar-refractivity contribution in [2.45, 2.75) is 26.7 Å². The summed E-state index contributed by atoms with van der Waals surface area (Å²) in [6.07, 6.45) is 3.61. The number of methoxy groups -OCH3 is 1. The zero-order chi connectivity index (χ0) is 15.7. The predicted molar refractivity (Wildman–Crippen MR) is 85.1 cm³/mol. The molecule has 1 aromatic heterocycles. The van der Waals surface area contributed by atoms with Crippen LogP contribution in [0.25, 0.3) is 0 Å². The Bertz CT molecular complexity index is 458. The molecule has 0 atom stereocenters. The monoisotopic (exact) mass is 297 g/mol. The van der Waals surface area contributed by atoms with Crippen molar-refractivity contribution >= 4 is 11.6 Å². The molecule has 0 saturated carbocycles. The second kappa shape index (κ2) is 9.18. The minimum atomic E-state index is -0.144. The van der Waals surface area contributed by atoms with Gasteiger partial charge in [0.25, 0.3) is 5.88 Å². The number of nitrogens with zero attached hydrogens (tertiary/aromatic N) is 2. The number of aromatic nitrogens is 1. The lowest BCUT2D eigenvalue weighted by Gasteiger charge is -2.16. The number of hydrogen-bond donors (Lipinski definition) is 1. The number of carbonyl (C=O) groups is 1. The van der Waals surface area contributed by atoms with Crippen LogP contribution in [-0.2, 0) is 4.79 Å². The van der Waals surface area contributed by atoms with Gasteiger partial charge in [0.05, 0.1) is 25.6 Å². The van der Waals surface area contributed by atoms with Gasteiger partial charge in [-0.1, -0.05) is 6.92 Å². The summed E-state index contributed by atoms with van der Waals surface area (Å²) >= 11 is 0. The maximum absolute atomic E-state index is 11.1. The van der Waals surface area contributed by atoms with Crippen LogP contribution in [0.4, 0.5) is 5.69 Å². The summed E-state index contributed by atoms with van der Waals surface area (Å²) < 4.78 is 10.9. The topological polar surface area (TPSA) is 63.7 Å². The van der Waals surface area contributed by atoms with Crippen molar-refractivity contribution < 1.29 is 15.7 Å². The van der Waals surface area contributed by atoms with Crippen molar-refractivity contribution in [3.05, 3.63) is 12.3 Å². The maximum atomic E-state index is 11.1. The molecule has 0 saturated heterocycles. The Morgan fingerprint density at radius 2 is 2.24 bits per heavy atom. The number of rotatable bonds is 9. The first-order valence-corrected chi connectivity index (χ1v) is 7.19. The van der Waals surface area contributed by atoms with Crippen molar-refractivity contribution in [3.8, 4) is 11.6 Å². The lowest BCUT2D eigenvalue weighted by Crippen LogP contribution is -2.21. The van der Waals surface area contributed by atoms with Crippen LogP contribution in [-0.4, -0.2) is 49.6 Å². The van der Waals surface area contributed by atoms with Crippen molar-refractivity contribution in [3.63, 3.8) is 0 Å². The van der Waals surface area contributed by atoms with E-state index in [1.54, 1.807) is 19.4 Å². The fourth-order valence-electron chi connectivity index (χ4n) is 1.97. The minimum absolute atomic E-state index is 0. The predicted octanol–water partition coefficient (Wildman–Crippen LogP) is 2.41. The highest BCUT2D eigenvalue weighted by atomic mass is 16.5. The number of nitrogens with one attached hydrogen (secondary N) is 1. The van der Waals surface area contributed by atoms with Gasteiger partial charge in [0.1, 0.15) is 0 Å². The van der Waals surface area contributed by atoms with Gasteiger partial charge in [-0.3, -0.25) is 4.79 Å². The molecule has 0 aliphatic rings. The van der Waals surface area contributed by atoms with Crippen molar-refractivity contribution in [2.75, 3.05) is 39.2 Å². The molecule has 1 amide bonds. The summed E-state index contributed by atoms with van der Waals surface area (Å²) in [6, 6.07) is 1.73. The Morgan fingerprint density at radius 1 is 1.48 bits per heavy atom. The molecule has 0 spiro atoms. The highest BCUT2D eigenvalue weighted by molar-refractivity contribution is 5.88. The lowest BCUT2D eigenvalue weighted by atomic mass is 10.3. The van der Waals surface area contributed by atoms with Gasteiger partial charge >= 0.3 is 0 Å². The average molecular weight is 297 g/mol. The first-order valence-electron chi connectivity index (χ1n) is 7.19. The molecule has 120 valence electrons. The van der Waals surface area contributed by atoms with E-state index >= 15 is 0 Å². The number of carbonyl (C=O) groups excluding carboxylic acids is 1. The van der Waals surface area contributed by atoms with Crippen molar-refractivity contribution in [1.29, 1.82) is 0 Å². The third-order valence-corrected chi connectivity index (χ3v) is 2.88. The van der Waals surface area contributed by atoms with Crippen molar-refractivity contribution in [2.24, 2.45) is 0 Å². The summed E-state index contributed by atoms with van der Waals surface area (Å²) in [6.45, 7) is 6.26. The van der Waals surface area contributed by atoms with E-state index in [0.29, 0.717) is 23.9 Å². The summed E-state index contributed by atoms with van der Waals surface area (Å²) in [4.78, 5) is 17.5. The van der Waals surface area contributed by atoms with E-state index in [1.165, 1.54) is 6.92 Å². The normalized spacial score (nSPS) is 10.5. The Labute approximate surface area is 127 Å². The summed E-state index contributed by atoms with van der Waals surface area (Å²) in [7, 11) is 3.64. The van der Waals surface area contributed by atoms with Gasteiger partial charge in [0.15, 0.2) is 5.75 Å². The van der Waals surface area contributed by atoms with Crippen LogP contribution in [0.3, 0.4) is 0 Å². The fraction of sp³-hybridized carbons (Fsp3) is 0.600. The van der Waals surface area contributed by atoms with Gasteiger partial charge in [-0.15, -0.1) is 0 Å². The van der Waals surface area contributed by atoms with E-state index in [4.69, 9.17) is 9.47 Å². The number of hydrogen-bond acceptors (Lipinski definition) is 5. The second-order valence-corrected chi connectivity index (χ2v) is 4.92. The standard InChI is InChI=1S/C15H25N3O3.H2/c1-5-7-18(3)8-6-9-21-14-10-13(17-12(2)19)11-16-15(14)20-4;/h10-11H,5-9H2,1-4H3,(H,17,19);1H. The molecule has 21 heavy (non-hydrogen) atoms. The van der Waals surface area contributed by atoms with Gasteiger partial charge in [-0.25, -0.2) is 4.98 Å². The molecule has 1 aromatic rings. The van der Waals surface area contributed by atoms with Crippen LogP contribution in [0.15, 0.2) is 12.3 Å². The minimum Gasteiger partial charge on any atom is -0.488 e. The number of ether oxygens (including phenoxy) is 2. The molecular weight excluding hydrogens is 270 g/mol. The summed E-state index contributed by atoms with van der Waals surface area (Å²) in [5.41, 5.74) is 0.599. The highest BCUT2D eigenvalue weighted by Gasteiger charge is 2.08. The SMILES string of the molecule is CCCN(C)CCCOc1cc(NC(C)=O)cnc1OC.[HH]. The fourth-order valence-corrected chi connectivity index (χ4v) is 1.97. The first kappa shape index (κ1) is 17.2. The van der Waals surface area contributed by atoms with Gasteiger partial charge in [0.2, 0.25) is 5.91 Å². The molecule has 0 aliphatic heterocycles. The molecule has 1 rings (SSSR count). The van der Waals surface area contributed by atoms with E-state index in [0.717, 1.165) is 25.9 Å². The molecule has 6 nitrogen and oxygen atoms in total. The van der Waals surface area contributed by atoms with Gasteiger partial charge in [-0.2, -0.15) is 0 Å². The second-order valence-electron chi connectivity index (χ2n) is 4.92. The van der Waals surface area contributed by atoms with Crippen LogP contribution >= 0.6 is 0 Å². The lowest BCUT2D eigenvalue weighted by molar-refractivity contribution is -0.114. The van der Waals surface area contributed by atoms with Gasteiger partial charge in [-0.05, 0) is 26.4 Å². The molecule has 0 radical (unpaired) electrons. The number of anilines is 1. The van der Waals surface area contributed by atoms with Crippen molar-refractivity contribution in [1.82, 2.24) is 9.88 Å². The van der Waals surface area contributed by atoms with E-state index < -0.39 is 0 Å². The molecule has 0 fully saturated rings. The maximum Gasteiger partial charge on any atom is 0.256 e. The number of pyridine rings is 1. The molecule has 0 aromatic carbocycles. The molecule has 1 heterocycles. The smallest absolute Gasteiger partial charge is 0.256 e. The Hall–Kier alpha value is -1.82. The molecule has 0 bridgehead atoms. The Balaban J connectivity index is 0.00000441. The van der Waals surface area contributed by atoms with Crippen LogP contribution < -0.4 is 14.8 Å². The Morgan fingerprint density at radius 3 is 2.86 bits per heavy atom. The quantitative estimate of drug-likeness (QED) is 0.709. The largest absolute Gasteiger partial charge is 0.488 e. The number of amides is 1. The molecule has 1 N–H and O–H groups in total. The highest BCUT2D eigenvalue weighted by Crippen LogP contribution is 2.27. The van der Waals surface area contributed by atoms with Crippen LogP contribution in [0, 0.1) is 0 Å². The third-order valence-electron chi connectivity index (χ3n) is 2.88. The summed E-state index contributed by atoms with van der Waals surface area (Å²) in [5.74, 6) is 0.821. The van der Waals surface area contributed by atoms with Gasteiger partial charge < -0.3 is 19.7 Å². The molecular formula is C15H27N3O3. The Kier molecular flexibility index (Phi) is 7.53. The van der Waals surface area contributed by atoms with Gasteiger partial charge in [0, 0.05) is 21.0 Å². The van der Waals surface area contributed by atoms with E-state index in [9.17, 15) is 4.79 Å². The molecule has 0 unspecified atom stereocenters. The van der Waals surface area contributed by atoms with Crippen LogP contribution in [0.2, 0.25) is 0 Å². The first-order chi connectivity index (χ1) is 10.1. The van der Waals surface area contributed by atoms with E-state index in [-0.39, 0.29) is 7.33 Å². The zero-order valence-corrected chi connectivity index (χ0v) is 13.3. The average Bonchev–Trinajstić information content (AvgIpc) is 2.43. The van der Waals surface area contributed by atoms with Crippen LogP contribution in [0.1, 0.15) is 28.1 Å². The zero-order valence-electron chi connectivity index (χ0n) is 13.3. The van der Waals surface area contributed by atoms with E-state index in [2.05, 4.69) is 29.2 Å². The molecule has 0 aliphatic carbocycles. The van der Waals surface area contributed by atoms with Crippen LogP contribution in [0.5, 0.6) is 11.6 Å².